The lowest BCUT2D eigenvalue weighted by Gasteiger charge is -2.08. The van der Waals surface area contributed by atoms with Gasteiger partial charge < -0.3 is 9.84 Å². The van der Waals surface area contributed by atoms with Crippen LogP contribution in [-0.4, -0.2) is 32.9 Å². The van der Waals surface area contributed by atoms with Crippen LogP contribution >= 0.6 is 11.3 Å². The number of para-hydroxylation sites is 1. The summed E-state index contributed by atoms with van der Waals surface area (Å²) in [5, 5.41) is 15.0. The number of hydrazone groups is 1. The first-order valence-electron chi connectivity index (χ1n) is 8.65. The molecule has 8 heteroatoms. The highest BCUT2D eigenvalue weighted by Crippen LogP contribution is 2.47. The van der Waals surface area contributed by atoms with E-state index in [1.807, 2.05) is 43.3 Å². The van der Waals surface area contributed by atoms with Crippen LogP contribution in [0.15, 0.2) is 60.2 Å². The summed E-state index contributed by atoms with van der Waals surface area (Å²) < 4.78 is 6.42. The molecule has 0 atom stereocenters. The molecule has 4 aromatic rings. The number of nitrogens with zero attached hydrogens (tertiary/aromatic N) is 4. The van der Waals surface area contributed by atoms with Gasteiger partial charge in [0.2, 0.25) is 0 Å². The molecule has 0 aliphatic carbocycles. The number of fused-ring (bicyclic) bond motifs is 1. The van der Waals surface area contributed by atoms with Crippen molar-refractivity contribution in [2.75, 3.05) is 12.0 Å². The Kier molecular flexibility index (Phi) is 5.11. The van der Waals surface area contributed by atoms with Crippen LogP contribution in [0.5, 0.6) is 11.5 Å². The van der Waals surface area contributed by atoms with Crippen LogP contribution in [0.4, 0.5) is 5.82 Å². The Hall–Kier alpha value is -3.52. The molecule has 0 amide bonds. The van der Waals surface area contributed by atoms with Crippen molar-refractivity contribution < 1.29 is 9.84 Å². The van der Waals surface area contributed by atoms with Crippen LogP contribution < -0.4 is 10.2 Å². The minimum atomic E-state index is 0.107. The number of nitrogens with one attached hydrogen (secondary N) is 1. The van der Waals surface area contributed by atoms with E-state index in [1.165, 1.54) is 17.7 Å². The lowest BCUT2D eigenvalue weighted by Crippen LogP contribution is -1.94. The van der Waals surface area contributed by atoms with Crippen molar-refractivity contribution in [2.45, 2.75) is 6.92 Å². The summed E-state index contributed by atoms with van der Waals surface area (Å²) >= 11 is 1.39. The Labute approximate surface area is 165 Å². The van der Waals surface area contributed by atoms with E-state index in [-0.39, 0.29) is 5.75 Å². The fourth-order valence-corrected chi connectivity index (χ4v) is 3.83. The highest BCUT2D eigenvalue weighted by molar-refractivity contribution is 7.23. The van der Waals surface area contributed by atoms with Crippen molar-refractivity contribution in [1.29, 1.82) is 0 Å². The largest absolute Gasteiger partial charge is 0.504 e. The van der Waals surface area contributed by atoms with Crippen LogP contribution in [0.25, 0.3) is 20.7 Å². The Morgan fingerprint density at radius 2 is 2.00 bits per heavy atom. The third-order valence-corrected chi connectivity index (χ3v) is 5.18. The highest BCUT2D eigenvalue weighted by Gasteiger charge is 2.19. The first-order valence-corrected chi connectivity index (χ1v) is 9.47. The van der Waals surface area contributed by atoms with Crippen LogP contribution in [0, 0.1) is 0 Å². The fourth-order valence-electron chi connectivity index (χ4n) is 2.71. The van der Waals surface area contributed by atoms with Gasteiger partial charge in [-0.3, -0.25) is 10.4 Å². The number of aromatic nitrogens is 3. The monoisotopic (exact) mass is 391 g/mol. The zero-order valence-electron chi connectivity index (χ0n) is 15.0. The van der Waals surface area contributed by atoms with Crippen LogP contribution in [-0.2, 0) is 0 Å². The maximum Gasteiger partial charge on any atom is 0.167 e. The van der Waals surface area contributed by atoms with Gasteiger partial charge in [0.05, 0.1) is 17.7 Å². The van der Waals surface area contributed by atoms with Gasteiger partial charge in [-0.15, -0.1) is 11.3 Å². The van der Waals surface area contributed by atoms with Gasteiger partial charge in [-0.05, 0) is 36.8 Å². The Morgan fingerprint density at radius 3 is 2.82 bits per heavy atom. The molecule has 0 fully saturated rings. The Balaban J connectivity index is 1.72. The van der Waals surface area contributed by atoms with E-state index in [9.17, 15) is 5.11 Å². The standard InChI is InChI=1S/C20H17N5O2S/c1-2-27-15-6-4-3-5-14(15)18-17(26)16-19(28-18)20(23-12-22-16)25-24-11-13-7-9-21-10-8-13/h3-12,26H,2H2,1H3,(H,22,23,25)/b24-11+. The zero-order valence-corrected chi connectivity index (χ0v) is 15.8. The number of anilines is 1. The minimum absolute atomic E-state index is 0.107. The van der Waals surface area contributed by atoms with Gasteiger partial charge in [0.25, 0.3) is 0 Å². The van der Waals surface area contributed by atoms with E-state index in [2.05, 4.69) is 25.5 Å². The van der Waals surface area contributed by atoms with Crippen molar-refractivity contribution in [3.05, 3.63) is 60.7 Å². The van der Waals surface area contributed by atoms with E-state index < -0.39 is 0 Å². The summed E-state index contributed by atoms with van der Waals surface area (Å²) in [4.78, 5) is 13.2. The first-order chi connectivity index (χ1) is 13.8. The van der Waals surface area contributed by atoms with Gasteiger partial charge >= 0.3 is 0 Å². The van der Waals surface area contributed by atoms with E-state index in [0.717, 1.165) is 11.1 Å². The number of pyridine rings is 1. The number of hydrogen-bond donors (Lipinski definition) is 2. The maximum atomic E-state index is 10.8. The second-order valence-corrected chi connectivity index (χ2v) is 6.78. The summed E-state index contributed by atoms with van der Waals surface area (Å²) in [6.45, 7) is 2.47. The SMILES string of the molecule is CCOc1ccccc1-c1sc2c(N/N=C/c3ccncc3)ncnc2c1O. The molecule has 3 aromatic heterocycles. The summed E-state index contributed by atoms with van der Waals surface area (Å²) in [7, 11) is 0. The minimum Gasteiger partial charge on any atom is -0.504 e. The highest BCUT2D eigenvalue weighted by atomic mass is 32.1. The average Bonchev–Trinajstić information content (AvgIpc) is 3.07. The fraction of sp³-hybridized carbons (Fsp3) is 0.100. The van der Waals surface area contributed by atoms with Crippen molar-refractivity contribution in [1.82, 2.24) is 15.0 Å². The van der Waals surface area contributed by atoms with Crippen molar-refractivity contribution in [2.24, 2.45) is 5.10 Å². The maximum absolute atomic E-state index is 10.8. The molecule has 2 N–H and O–H groups in total. The molecule has 4 rings (SSSR count). The molecule has 0 saturated carbocycles. The smallest absolute Gasteiger partial charge is 0.167 e. The topological polar surface area (TPSA) is 92.5 Å². The molecule has 0 saturated heterocycles. The van der Waals surface area contributed by atoms with E-state index in [4.69, 9.17) is 4.74 Å². The Bertz CT molecular complexity index is 1130. The number of hydrogen-bond acceptors (Lipinski definition) is 8. The molecule has 0 unspecified atom stereocenters. The molecule has 3 heterocycles. The number of rotatable bonds is 6. The first kappa shape index (κ1) is 17.9. The second kappa shape index (κ2) is 8.01. The molecule has 1 aromatic carbocycles. The van der Waals surface area contributed by atoms with Gasteiger partial charge in [-0.25, -0.2) is 9.97 Å². The van der Waals surface area contributed by atoms with Crippen LogP contribution in [0.2, 0.25) is 0 Å². The molecule has 7 nitrogen and oxygen atoms in total. The molecular formula is C20H17N5O2S. The summed E-state index contributed by atoms with van der Waals surface area (Å²) in [6.07, 6.45) is 6.47. The van der Waals surface area contributed by atoms with E-state index in [0.29, 0.717) is 33.3 Å². The molecule has 140 valence electrons. The molecule has 0 bridgehead atoms. The molecular weight excluding hydrogens is 374 g/mol. The number of ether oxygens (including phenoxy) is 1. The predicted molar refractivity (Wildman–Crippen MR) is 111 cm³/mol. The third kappa shape index (κ3) is 3.49. The zero-order chi connectivity index (χ0) is 19.3. The van der Waals surface area contributed by atoms with Gasteiger partial charge in [-0.1, -0.05) is 12.1 Å². The van der Waals surface area contributed by atoms with Gasteiger partial charge in [-0.2, -0.15) is 5.10 Å². The van der Waals surface area contributed by atoms with Gasteiger partial charge in [0, 0.05) is 18.0 Å². The molecule has 0 aliphatic rings. The van der Waals surface area contributed by atoms with Crippen molar-refractivity contribution >= 4 is 33.6 Å². The van der Waals surface area contributed by atoms with Gasteiger partial charge in [0.15, 0.2) is 11.6 Å². The Morgan fingerprint density at radius 1 is 1.18 bits per heavy atom. The van der Waals surface area contributed by atoms with Gasteiger partial charge in [0.1, 0.15) is 22.3 Å². The number of aromatic hydroxyl groups is 1. The lowest BCUT2D eigenvalue weighted by atomic mass is 10.1. The summed E-state index contributed by atoms with van der Waals surface area (Å²) in [5.74, 6) is 1.34. The number of thiophene rings is 1. The number of benzene rings is 1. The van der Waals surface area contributed by atoms with E-state index in [1.54, 1.807) is 18.6 Å². The quantitative estimate of drug-likeness (QED) is 0.376. The third-order valence-electron chi connectivity index (χ3n) is 3.97. The van der Waals surface area contributed by atoms with E-state index >= 15 is 0 Å². The molecule has 28 heavy (non-hydrogen) atoms. The second-order valence-electron chi connectivity index (χ2n) is 5.76. The normalized spacial score (nSPS) is 11.2. The average molecular weight is 391 g/mol. The van der Waals surface area contributed by atoms with Crippen LogP contribution in [0.1, 0.15) is 12.5 Å². The van der Waals surface area contributed by atoms with Crippen molar-refractivity contribution in [3.63, 3.8) is 0 Å². The lowest BCUT2D eigenvalue weighted by molar-refractivity contribution is 0.341. The molecule has 0 radical (unpaired) electrons. The molecule has 0 aliphatic heterocycles. The van der Waals surface area contributed by atoms with Crippen LogP contribution in [0.3, 0.4) is 0 Å². The molecule has 0 spiro atoms. The summed E-state index contributed by atoms with van der Waals surface area (Å²) in [5.41, 5.74) is 5.13. The van der Waals surface area contributed by atoms with Crippen molar-refractivity contribution in [3.8, 4) is 21.9 Å². The predicted octanol–water partition coefficient (Wildman–Crippen LogP) is 4.30. The summed E-state index contributed by atoms with van der Waals surface area (Å²) in [6, 6.07) is 11.3.